The number of amides is 1. The first kappa shape index (κ1) is 18.9. The lowest BCUT2D eigenvalue weighted by atomic mass is 10.1. The van der Waals surface area contributed by atoms with Gasteiger partial charge in [0.15, 0.2) is 11.6 Å². The number of benzene rings is 2. The Balaban J connectivity index is 1.69. The molecule has 0 atom stereocenters. The zero-order chi connectivity index (χ0) is 19.6. The maximum Gasteiger partial charge on any atom is 0.253 e. The van der Waals surface area contributed by atoms with E-state index in [-0.39, 0.29) is 37.0 Å². The maximum atomic E-state index is 13.4. The lowest BCUT2D eigenvalue weighted by Crippen LogP contribution is -2.50. The van der Waals surface area contributed by atoms with Crippen LogP contribution in [0.1, 0.15) is 15.9 Å². The average Bonchev–Trinajstić information content (AvgIpc) is 2.69. The molecule has 0 bridgehead atoms. The van der Waals surface area contributed by atoms with Crippen molar-refractivity contribution in [2.45, 2.75) is 4.90 Å². The molecule has 1 saturated heterocycles. The number of carbonyl (C=O) groups excluding carboxylic acids is 1. The Morgan fingerprint density at radius 1 is 0.963 bits per heavy atom. The Morgan fingerprint density at radius 3 is 2.15 bits per heavy atom. The van der Waals surface area contributed by atoms with E-state index in [2.05, 4.69) is 0 Å². The van der Waals surface area contributed by atoms with E-state index in [0.29, 0.717) is 17.2 Å². The Hall–Kier alpha value is -2.83. The summed E-state index contributed by atoms with van der Waals surface area (Å²) in [6, 6.07) is 10.6. The highest BCUT2D eigenvalue weighted by molar-refractivity contribution is 7.89. The fourth-order valence-electron chi connectivity index (χ4n) is 2.79. The van der Waals surface area contributed by atoms with Gasteiger partial charge in [-0.15, -0.1) is 0 Å². The van der Waals surface area contributed by atoms with Crippen molar-refractivity contribution in [3.63, 3.8) is 0 Å². The van der Waals surface area contributed by atoms with Crippen molar-refractivity contribution < 1.29 is 22.0 Å². The van der Waals surface area contributed by atoms with Gasteiger partial charge in [-0.05, 0) is 42.5 Å². The zero-order valence-electron chi connectivity index (χ0n) is 14.1. The molecule has 9 heteroatoms. The quantitative estimate of drug-likeness (QED) is 0.801. The molecule has 2 aromatic carbocycles. The molecule has 6 nitrogen and oxygen atoms in total. The Labute approximate surface area is 155 Å². The first-order chi connectivity index (χ1) is 12.8. The van der Waals surface area contributed by atoms with Gasteiger partial charge in [0.2, 0.25) is 10.0 Å². The van der Waals surface area contributed by atoms with Crippen LogP contribution < -0.4 is 0 Å². The minimum atomic E-state index is -3.97. The van der Waals surface area contributed by atoms with Gasteiger partial charge in [0, 0.05) is 31.7 Å². The molecule has 140 valence electrons. The average molecular weight is 391 g/mol. The third-order valence-corrected chi connectivity index (χ3v) is 6.21. The lowest BCUT2D eigenvalue weighted by Gasteiger charge is -2.34. The maximum absolute atomic E-state index is 13.4. The second kappa shape index (κ2) is 7.42. The summed E-state index contributed by atoms with van der Waals surface area (Å²) in [4.78, 5) is 13.7. The molecule has 3 rings (SSSR count). The molecule has 0 saturated carbocycles. The van der Waals surface area contributed by atoms with E-state index in [1.807, 2.05) is 6.07 Å². The van der Waals surface area contributed by atoms with Crippen LogP contribution in [-0.2, 0) is 10.0 Å². The molecule has 1 fully saturated rings. The van der Waals surface area contributed by atoms with Crippen molar-refractivity contribution in [2.24, 2.45) is 0 Å². The van der Waals surface area contributed by atoms with Crippen LogP contribution in [-0.4, -0.2) is 49.7 Å². The molecule has 1 aliphatic heterocycles. The number of hydrogen-bond donors (Lipinski definition) is 0. The van der Waals surface area contributed by atoms with Crippen molar-refractivity contribution in [1.29, 1.82) is 5.26 Å². The number of halogens is 2. The monoisotopic (exact) mass is 391 g/mol. The predicted octanol–water partition coefficient (Wildman–Crippen LogP) is 1.98. The summed E-state index contributed by atoms with van der Waals surface area (Å²) < 4.78 is 52.7. The van der Waals surface area contributed by atoms with Crippen LogP contribution in [0.2, 0.25) is 0 Å². The van der Waals surface area contributed by atoms with Crippen LogP contribution in [0.3, 0.4) is 0 Å². The van der Waals surface area contributed by atoms with Gasteiger partial charge in [-0.25, -0.2) is 17.2 Å². The highest BCUT2D eigenvalue weighted by Crippen LogP contribution is 2.20. The molecule has 0 radical (unpaired) electrons. The summed E-state index contributed by atoms with van der Waals surface area (Å²) in [5.41, 5.74) is 0.847. The van der Waals surface area contributed by atoms with Crippen molar-refractivity contribution in [2.75, 3.05) is 26.2 Å². The van der Waals surface area contributed by atoms with Crippen LogP contribution in [0.4, 0.5) is 8.78 Å². The summed E-state index contributed by atoms with van der Waals surface area (Å²) >= 11 is 0. The van der Waals surface area contributed by atoms with Gasteiger partial charge in [-0.2, -0.15) is 9.57 Å². The van der Waals surface area contributed by atoms with Gasteiger partial charge >= 0.3 is 0 Å². The Kier molecular flexibility index (Phi) is 5.21. The fourth-order valence-corrected chi connectivity index (χ4v) is 4.22. The highest BCUT2D eigenvalue weighted by atomic mass is 32.2. The van der Waals surface area contributed by atoms with Crippen molar-refractivity contribution in [3.05, 3.63) is 65.2 Å². The van der Waals surface area contributed by atoms with Gasteiger partial charge in [-0.1, -0.05) is 0 Å². The summed E-state index contributed by atoms with van der Waals surface area (Å²) in [5.74, 6) is -2.61. The third kappa shape index (κ3) is 3.82. The van der Waals surface area contributed by atoms with Gasteiger partial charge in [0.1, 0.15) is 0 Å². The highest BCUT2D eigenvalue weighted by Gasteiger charge is 2.31. The second-order valence-corrected chi connectivity index (χ2v) is 7.90. The Bertz CT molecular complexity index is 1010. The molecule has 1 heterocycles. The van der Waals surface area contributed by atoms with E-state index in [9.17, 15) is 22.0 Å². The molecule has 2 aromatic rings. The van der Waals surface area contributed by atoms with Crippen LogP contribution in [0.5, 0.6) is 0 Å². The molecule has 0 unspecified atom stereocenters. The molecule has 0 N–H and O–H groups in total. The molecule has 0 aliphatic carbocycles. The van der Waals surface area contributed by atoms with Gasteiger partial charge in [0.05, 0.1) is 16.5 Å². The summed E-state index contributed by atoms with van der Waals surface area (Å²) in [7, 11) is -3.97. The zero-order valence-corrected chi connectivity index (χ0v) is 14.9. The van der Waals surface area contributed by atoms with Gasteiger partial charge < -0.3 is 4.90 Å². The summed E-state index contributed by atoms with van der Waals surface area (Å²) in [6.45, 7) is 0.427. The lowest BCUT2D eigenvalue weighted by molar-refractivity contribution is 0.0698. The number of hydrogen-bond acceptors (Lipinski definition) is 4. The summed E-state index contributed by atoms with van der Waals surface area (Å²) in [6.07, 6.45) is 0. The van der Waals surface area contributed by atoms with Crippen LogP contribution in [0.15, 0.2) is 47.4 Å². The predicted molar refractivity (Wildman–Crippen MR) is 92.2 cm³/mol. The normalized spacial score (nSPS) is 15.4. The van der Waals surface area contributed by atoms with Crippen molar-refractivity contribution in [3.8, 4) is 6.07 Å². The molecule has 1 aliphatic rings. The van der Waals surface area contributed by atoms with Gasteiger partial charge in [0.25, 0.3) is 5.91 Å². The topological polar surface area (TPSA) is 81.5 Å². The SMILES string of the molecule is N#Cc1ccc(C(=O)N2CCN(S(=O)(=O)c3ccc(F)c(F)c3)CC2)cc1. The smallest absolute Gasteiger partial charge is 0.253 e. The van der Waals surface area contributed by atoms with Crippen LogP contribution in [0, 0.1) is 23.0 Å². The van der Waals surface area contributed by atoms with Crippen LogP contribution in [0.25, 0.3) is 0 Å². The molecule has 0 aromatic heterocycles. The van der Waals surface area contributed by atoms with Crippen molar-refractivity contribution in [1.82, 2.24) is 9.21 Å². The molecular formula is C18H15F2N3O3S. The number of piperazine rings is 1. The Morgan fingerprint density at radius 2 is 1.59 bits per heavy atom. The standard InChI is InChI=1S/C18H15F2N3O3S/c19-16-6-5-15(11-17(16)20)27(25,26)23-9-7-22(8-10-23)18(24)14-3-1-13(12-21)2-4-14/h1-6,11H,7-10H2. The first-order valence-corrected chi connectivity index (χ1v) is 9.51. The number of rotatable bonds is 3. The number of carbonyl (C=O) groups is 1. The van der Waals surface area contributed by atoms with Gasteiger partial charge in [-0.3, -0.25) is 4.79 Å². The van der Waals surface area contributed by atoms with Crippen molar-refractivity contribution >= 4 is 15.9 Å². The van der Waals surface area contributed by atoms with E-state index < -0.39 is 21.7 Å². The van der Waals surface area contributed by atoms with E-state index in [1.54, 1.807) is 12.1 Å². The number of nitriles is 1. The molecular weight excluding hydrogens is 376 g/mol. The van der Waals surface area contributed by atoms with E-state index >= 15 is 0 Å². The van der Waals surface area contributed by atoms with Crippen LogP contribution >= 0.6 is 0 Å². The molecule has 27 heavy (non-hydrogen) atoms. The summed E-state index contributed by atoms with van der Waals surface area (Å²) in [5, 5.41) is 8.80. The van der Waals surface area contributed by atoms with E-state index in [0.717, 1.165) is 16.4 Å². The fraction of sp³-hybridized carbons (Fsp3) is 0.222. The number of sulfonamides is 1. The minimum Gasteiger partial charge on any atom is -0.336 e. The molecule has 1 amide bonds. The van der Waals surface area contributed by atoms with E-state index in [4.69, 9.17) is 5.26 Å². The largest absolute Gasteiger partial charge is 0.336 e. The third-order valence-electron chi connectivity index (χ3n) is 4.32. The number of nitrogens with zero attached hydrogens (tertiary/aromatic N) is 3. The first-order valence-electron chi connectivity index (χ1n) is 8.07. The second-order valence-electron chi connectivity index (χ2n) is 5.96. The minimum absolute atomic E-state index is 0.0450. The molecule has 0 spiro atoms. The van der Waals surface area contributed by atoms with E-state index in [1.165, 1.54) is 17.0 Å².